The lowest BCUT2D eigenvalue weighted by Crippen LogP contribution is -2.30. The molecule has 4 nitrogen and oxygen atoms in total. The van der Waals surface area contributed by atoms with Gasteiger partial charge in [0.25, 0.3) is 0 Å². The molecule has 0 amide bonds. The van der Waals surface area contributed by atoms with Gasteiger partial charge in [0.1, 0.15) is 0 Å². The van der Waals surface area contributed by atoms with E-state index in [0.717, 1.165) is 18.4 Å². The lowest BCUT2D eigenvalue weighted by atomic mass is 10.1. The third-order valence-electron chi connectivity index (χ3n) is 3.08. The zero-order valence-electron chi connectivity index (χ0n) is 10.7. The molecule has 4 heteroatoms. The van der Waals surface area contributed by atoms with Gasteiger partial charge in [-0.05, 0) is 31.5 Å². The Labute approximate surface area is 102 Å². The molecule has 1 rings (SSSR count). The van der Waals surface area contributed by atoms with Crippen LogP contribution in [0.15, 0.2) is 18.3 Å². The number of carboxylic acids is 1. The van der Waals surface area contributed by atoms with Crippen molar-refractivity contribution in [1.82, 2.24) is 9.88 Å². The maximum Gasteiger partial charge on any atom is 0.354 e. The minimum absolute atomic E-state index is 0.158. The van der Waals surface area contributed by atoms with Crippen molar-refractivity contribution in [2.45, 2.75) is 39.3 Å². The van der Waals surface area contributed by atoms with Gasteiger partial charge >= 0.3 is 5.97 Å². The molecule has 0 aliphatic rings. The molecule has 94 valence electrons. The fourth-order valence-corrected chi connectivity index (χ4v) is 2.07. The van der Waals surface area contributed by atoms with Crippen molar-refractivity contribution in [2.75, 3.05) is 7.05 Å². The Balaban J connectivity index is 2.84. The van der Waals surface area contributed by atoms with E-state index < -0.39 is 5.97 Å². The van der Waals surface area contributed by atoms with Gasteiger partial charge in [-0.1, -0.05) is 19.9 Å². The van der Waals surface area contributed by atoms with Gasteiger partial charge in [0.05, 0.1) is 0 Å². The van der Waals surface area contributed by atoms with E-state index in [2.05, 4.69) is 23.7 Å². The van der Waals surface area contributed by atoms with E-state index in [9.17, 15) is 4.79 Å². The van der Waals surface area contributed by atoms with E-state index in [-0.39, 0.29) is 5.69 Å². The van der Waals surface area contributed by atoms with E-state index in [1.165, 1.54) is 6.20 Å². The first-order valence-corrected chi connectivity index (χ1v) is 5.97. The maximum absolute atomic E-state index is 11.0. The van der Waals surface area contributed by atoms with Crippen molar-refractivity contribution in [3.05, 3.63) is 29.6 Å². The fourth-order valence-electron chi connectivity index (χ4n) is 2.07. The molecule has 1 N–H and O–H groups in total. The van der Waals surface area contributed by atoms with Crippen LogP contribution in [0.2, 0.25) is 0 Å². The van der Waals surface area contributed by atoms with Crippen LogP contribution in [-0.4, -0.2) is 34.0 Å². The second-order valence-corrected chi connectivity index (χ2v) is 4.20. The molecule has 0 aromatic carbocycles. The summed E-state index contributed by atoms with van der Waals surface area (Å²) < 4.78 is 0. The smallest absolute Gasteiger partial charge is 0.354 e. The van der Waals surface area contributed by atoms with Crippen LogP contribution in [0.5, 0.6) is 0 Å². The van der Waals surface area contributed by atoms with Gasteiger partial charge in [0.2, 0.25) is 0 Å². The van der Waals surface area contributed by atoms with Crippen molar-refractivity contribution in [1.29, 1.82) is 0 Å². The second kappa shape index (κ2) is 6.35. The normalized spacial score (nSPS) is 11.1. The highest BCUT2D eigenvalue weighted by atomic mass is 16.4. The molecular formula is C13H20N2O2. The molecule has 0 saturated carbocycles. The average molecular weight is 236 g/mol. The average Bonchev–Trinajstić information content (AvgIpc) is 2.31. The van der Waals surface area contributed by atoms with Gasteiger partial charge in [-0.25, -0.2) is 9.78 Å². The summed E-state index contributed by atoms with van der Waals surface area (Å²) in [5.74, 6) is -0.960. The molecule has 0 bridgehead atoms. The predicted molar refractivity (Wildman–Crippen MR) is 67.0 cm³/mol. The van der Waals surface area contributed by atoms with Gasteiger partial charge in [-0.3, -0.25) is 4.90 Å². The van der Waals surface area contributed by atoms with Crippen LogP contribution in [0.3, 0.4) is 0 Å². The Kier molecular flexibility index (Phi) is 5.10. The fraction of sp³-hybridized carbons (Fsp3) is 0.538. The van der Waals surface area contributed by atoms with Crippen LogP contribution >= 0.6 is 0 Å². The molecule has 0 atom stereocenters. The molecule has 0 aliphatic carbocycles. The van der Waals surface area contributed by atoms with Crippen molar-refractivity contribution in [2.24, 2.45) is 0 Å². The van der Waals surface area contributed by atoms with Gasteiger partial charge in [0, 0.05) is 18.8 Å². The quantitative estimate of drug-likeness (QED) is 0.824. The summed E-state index contributed by atoms with van der Waals surface area (Å²) in [7, 11) is 2.02. The highest BCUT2D eigenvalue weighted by molar-refractivity contribution is 5.86. The molecule has 1 heterocycles. The Bertz CT molecular complexity index is 375. The molecular weight excluding hydrogens is 216 g/mol. The van der Waals surface area contributed by atoms with Crippen LogP contribution in [0.25, 0.3) is 0 Å². The van der Waals surface area contributed by atoms with E-state index in [4.69, 9.17) is 5.11 Å². The number of aromatic carboxylic acids is 1. The molecule has 0 fully saturated rings. The maximum atomic E-state index is 11.0. The molecule has 1 aromatic rings. The number of pyridine rings is 1. The summed E-state index contributed by atoms with van der Waals surface area (Å²) in [5, 5.41) is 9.05. The second-order valence-electron chi connectivity index (χ2n) is 4.20. The highest BCUT2D eigenvalue weighted by Gasteiger charge is 2.15. The first-order chi connectivity index (χ1) is 8.10. The zero-order chi connectivity index (χ0) is 12.8. The SMILES string of the molecule is CCC(CC)N(C)Cc1cccnc1C(=O)O. The van der Waals surface area contributed by atoms with Crippen molar-refractivity contribution in [3.8, 4) is 0 Å². The zero-order valence-corrected chi connectivity index (χ0v) is 10.7. The number of carbonyl (C=O) groups is 1. The summed E-state index contributed by atoms with van der Waals surface area (Å²) in [4.78, 5) is 17.1. The molecule has 0 spiro atoms. The first-order valence-electron chi connectivity index (χ1n) is 5.97. The van der Waals surface area contributed by atoms with Crippen LogP contribution in [-0.2, 0) is 6.54 Å². The van der Waals surface area contributed by atoms with Crippen LogP contribution in [0.1, 0.15) is 42.7 Å². The number of hydrogen-bond acceptors (Lipinski definition) is 3. The summed E-state index contributed by atoms with van der Waals surface area (Å²) >= 11 is 0. The predicted octanol–water partition coefficient (Wildman–Crippen LogP) is 2.40. The molecule has 1 aromatic heterocycles. The van der Waals surface area contributed by atoms with Gasteiger partial charge in [0.15, 0.2) is 5.69 Å². The molecule has 0 radical (unpaired) electrons. The number of carboxylic acid groups (broad SMARTS) is 1. The van der Waals surface area contributed by atoms with Crippen LogP contribution in [0.4, 0.5) is 0 Å². The summed E-state index contributed by atoms with van der Waals surface area (Å²) in [5.41, 5.74) is 0.930. The first kappa shape index (κ1) is 13.6. The van der Waals surface area contributed by atoms with Crippen molar-refractivity contribution >= 4 is 5.97 Å². The summed E-state index contributed by atoms with van der Waals surface area (Å²) in [6.07, 6.45) is 3.65. The third kappa shape index (κ3) is 3.53. The standard InChI is InChI=1S/C13H20N2O2/c1-4-11(5-2)15(3)9-10-7-6-8-14-12(10)13(16)17/h6-8,11H,4-5,9H2,1-3H3,(H,16,17). The van der Waals surface area contributed by atoms with Crippen molar-refractivity contribution in [3.63, 3.8) is 0 Å². The largest absolute Gasteiger partial charge is 0.477 e. The lowest BCUT2D eigenvalue weighted by molar-refractivity contribution is 0.0687. The monoisotopic (exact) mass is 236 g/mol. The van der Waals surface area contributed by atoms with E-state index in [1.54, 1.807) is 6.07 Å². The number of hydrogen-bond donors (Lipinski definition) is 1. The number of nitrogens with zero attached hydrogens (tertiary/aromatic N) is 2. The van der Waals surface area contributed by atoms with Gasteiger partial charge < -0.3 is 5.11 Å². The Morgan fingerprint density at radius 2 is 2.12 bits per heavy atom. The van der Waals surface area contributed by atoms with Crippen LogP contribution < -0.4 is 0 Å². The summed E-state index contributed by atoms with van der Waals surface area (Å²) in [6, 6.07) is 4.09. The third-order valence-corrected chi connectivity index (χ3v) is 3.08. The van der Waals surface area contributed by atoms with Gasteiger partial charge in [-0.2, -0.15) is 0 Å². The number of rotatable bonds is 6. The van der Waals surface area contributed by atoms with E-state index in [0.29, 0.717) is 12.6 Å². The molecule has 0 aliphatic heterocycles. The lowest BCUT2D eigenvalue weighted by Gasteiger charge is -2.26. The minimum Gasteiger partial charge on any atom is -0.477 e. The van der Waals surface area contributed by atoms with Crippen LogP contribution in [0, 0.1) is 0 Å². The highest BCUT2D eigenvalue weighted by Crippen LogP contribution is 2.13. The Morgan fingerprint density at radius 1 is 1.47 bits per heavy atom. The van der Waals surface area contributed by atoms with Gasteiger partial charge in [-0.15, -0.1) is 0 Å². The molecule has 0 saturated heterocycles. The minimum atomic E-state index is -0.960. The van der Waals surface area contributed by atoms with E-state index in [1.807, 2.05) is 13.1 Å². The topological polar surface area (TPSA) is 53.4 Å². The van der Waals surface area contributed by atoms with E-state index >= 15 is 0 Å². The Morgan fingerprint density at radius 3 is 2.65 bits per heavy atom. The molecule has 17 heavy (non-hydrogen) atoms. The molecule has 0 unspecified atom stereocenters. The van der Waals surface area contributed by atoms with Crippen molar-refractivity contribution < 1.29 is 9.90 Å². The Hall–Kier alpha value is -1.42. The number of aromatic nitrogens is 1. The summed E-state index contributed by atoms with van der Waals surface area (Å²) in [6.45, 7) is 4.92.